The van der Waals surface area contributed by atoms with Crippen LogP contribution < -0.4 is 15.8 Å². The molecular formula is C23H36N4O5S. The van der Waals surface area contributed by atoms with E-state index in [4.69, 9.17) is 5.73 Å². The summed E-state index contributed by atoms with van der Waals surface area (Å²) in [6.45, 7) is 2.08. The molecule has 0 radical (unpaired) electrons. The Bertz CT molecular complexity index is 944. The number of fused-ring (bicyclic) bond motifs is 2. The molecule has 2 heterocycles. The minimum atomic E-state index is -3.82. The van der Waals surface area contributed by atoms with Gasteiger partial charge in [-0.25, -0.2) is 8.42 Å². The molecule has 0 bridgehead atoms. The molecule has 184 valence electrons. The fourth-order valence-electron chi connectivity index (χ4n) is 5.01. The van der Waals surface area contributed by atoms with E-state index >= 15 is 0 Å². The lowest BCUT2D eigenvalue weighted by Gasteiger charge is -2.29. The number of carbonyl (C=O) groups excluding carboxylic acids is 3. The first-order valence-electron chi connectivity index (χ1n) is 12.2. The zero-order valence-corrected chi connectivity index (χ0v) is 20.2. The Balaban J connectivity index is 1.55. The molecule has 4 rings (SSSR count). The second kappa shape index (κ2) is 9.02. The Labute approximate surface area is 195 Å². The van der Waals surface area contributed by atoms with Gasteiger partial charge >= 0.3 is 0 Å². The first-order chi connectivity index (χ1) is 15.6. The molecule has 4 N–H and O–H groups in total. The molecule has 2 saturated carbocycles. The molecule has 0 aromatic carbocycles. The maximum absolute atomic E-state index is 13.3. The van der Waals surface area contributed by atoms with Gasteiger partial charge < -0.3 is 16.0 Å². The summed E-state index contributed by atoms with van der Waals surface area (Å²) in [6, 6.07) is -1.33. The Morgan fingerprint density at radius 3 is 2.64 bits per heavy atom. The third-order valence-corrected chi connectivity index (χ3v) is 9.98. The predicted octanol–water partition coefficient (Wildman–Crippen LogP) is 1.09. The molecule has 3 amide bonds. The van der Waals surface area contributed by atoms with Gasteiger partial charge in [0.1, 0.15) is 11.6 Å². The van der Waals surface area contributed by atoms with Crippen molar-refractivity contribution in [2.45, 2.75) is 99.9 Å². The van der Waals surface area contributed by atoms with Crippen LogP contribution in [-0.4, -0.2) is 60.0 Å². The van der Waals surface area contributed by atoms with Crippen molar-refractivity contribution in [2.24, 2.45) is 11.7 Å². The molecule has 4 aliphatic rings. The summed E-state index contributed by atoms with van der Waals surface area (Å²) in [6.07, 6.45) is 11.6. The van der Waals surface area contributed by atoms with Gasteiger partial charge in [0.2, 0.25) is 21.8 Å². The monoisotopic (exact) mass is 480 g/mol. The lowest BCUT2D eigenvalue weighted by Crippen LogP contribution is -2.58. The highest BCUT2D eigenvalue weighted by Gasteiger charge is 2.63. The van der Waals surface area contributed by atoms with Crippen LogP contribution in [-0.2, 0) is 24.4 Å². The number of hydrogen-bond acceptors (Lipinski definition) is 6. The topological polar surface area (TPSA) is 139 Å². The maximum Gasteiger partial charge on any atom is 0.259 e. The molecule has 2 aliphatic carbocycles. The molecule has 0 spiro atoms. The van der Waals surface area contributed by atoms with Gasteiger partial charge in [0.05, 0.1) is 10.8 Å². The molecule has 10 heteroatoms. The minimum Gasteiger partial charge on any atom is -0.340 e. The van der Waals surface area contributed by atoms with Crippen LogP contribution in [0.3, 0.4) is 0 Å². The van der Waals surface area contributed by atoms with Gasteiger partial charge in [-0.15, -0.1) is 0 Å². The van der Waals surface area contributed by atoms with Crippen LogP contribution >= 0.6 is 0 Å². The van der Waals surface area contributed by atoms with E-state index in [1.165, 1.54) is 4.90 Å². The molecule has 3 fully saturated rings. The van der Waals surface area contributed by atoms with Crippen LogP contribution in [0.5, 0.6) is 0 Å². The van der Waals surface area contributed by atoms with E-state index in [1.54, 1.807) is 6.92 Å². The van der Waals surface area contributed by atoms with Gasteiger partial charge in [0.25, 0.3) is 5.91 Å². The first kappa shape index (κ1) is 24.2. The summed E-state index contributed by atoms with van der Waals surface area (Å²) in [4.78, 5) is 41.0. The number of nitrogens with one attached hydrogen (secondary N) is 2. The number of sulfonamides is 1. The van der Waals surface area contributed by atoms with Crippen molar-refractivity contribution >= 4 is 27.7 Å². The van der Waals surface area contributed by atoms with E-state index in [0.29, 0.717) is 51.5 Å². The van der Waals surface area contributed by atoms with Crippen molar-refractivity contribution < 1.29 is 22.8 Å². The van der Waals surface area contributed by atoms with Gasteiger partial charge in [0.15, 0.2) is 0 Å². The van der Waals surface area contributed by atoms with Crippen LogP contribution in [0.15, 0.2) is 12.2 Å². The van der Waals surface area contributed by atoms with Gasteiger partial charge in [-0.1, -0.05) is 25.0 Å². The maximum atomic E-state index is 13.3. The molecule has 4 unspecified atom stereocenters. The second-order valence-electron chi connectivity index (χ2n) is 10.4. The number of carbonyl (C=O) groups is 3. The summed E-state index contributed by atoms with van der Waals surface area (Å²) >= 11 is 0. The second-order valence-corrected chi connectivity index (χ2v) is 12.6. The Hall–Kier alpha value is -1.94. The summed E-state index contributed by atoms with van der Waals surface area (Å²) in [7, 11) is -3.82. The first-order valence-corrected chi connectivity index (χ1v) is 13.7. The van der Waals surface area contributed by atoms with Crippen molar-refractivity contribution in [1.82, 2.24) is 14.9 Å². The molecule has 1 saturated heterocycles. The number of hydrogen-bond donors (Lipinski definition) is 3. The van der Waals surface area contributed by atoms with Crippen molar-refractivity contribution in [3.05, 3.63) is 12.2 Å². The Kier molecular flexibility index (Phi) is 6.61. The highest BCUT2D eigenvalue weighted by atomic mass is 32.2. The fourth-order valence-corrected chi connectivity index (χ4v) is 6.32. The quantitative estimate of drug-likeness (QED) is 0.517. The molecule has 0 aromatic heterocycles. The van der Waals surface area contributed by atoms with E-state index in [9.17, 15) is 22.8 Å². The molecule has 4 atom stereocenters. The van der Waals surface area contributed by atoms with Crippen LogP contribution in [0.25, 0.3) is 0 Å². The summed E-state index contributed by atoms with van der Waals surface area (Å²) in [5, 5.41) is 2.87. The van der Waals surface area contributed by atoms with Gasteiger partial charge in [0, 0.05) is 6.54 Å². The number of nitrogens with zero attached hydrogens (tertiary/aromatic N) is 1. The normalized spacial score (nSPS) is 34.7. The zero-order valence-electron chi connectivity index (χ0n) is 19.3. The Morgan fingerprint density at radius 1 is 1.15 bits per heavy atom. The van der Waals surface area contributed by atoms with E-state index in [0.717, 1.165) is 25.7 Å². The number of amides is 3. The highest BCUT2D eigenvalue weighted by Crippen LogP contribution is 2.48. The van der Waals surface area contributed by atoms with Gasteiger partial charge in [-0.3, -0.25) is 19.1 Å². The van der Waals surface area contributed by atoms with Crippen LogP contribution in [0.2, 0.25) is 0 Å². The average molecular weight is 481 g/mol. The lowest BCUT2D eigenvalue weighted by atomic mass is 10.0. The van der Waals surface area contributed by atoms with E-state index in [1.807, 2.05) is 6.08 Å². The summed E-state index contributed by atoms with van der Waals surface area (Å²) in [5.74, 6) is -1.48. The number of rotatable bonds is 3. The van der Waals surface area contributed by atoms with Crippen molar-refractivity contribution in [3.63, 3.8) is 0 Å². The highest BCUT2D eigenvalue weighted by molar-refractivity contribution is 7.91. The van der Waals surface area contributed by atoms with Crippen LogP contribution in [0, 0.1) is 5.92 Å². The Morgan fingerprint density at radius 2 is 1.91 bits per heavy atom. The van der Waals surface area contributed by atoms with Crippen molar-refractivity contribution in [1.29, 1.82) is 0 Å². The predicted molar refractivity (Wildman–Crippen MR) is 123 cm³/mol. The van der Waals surface area contributed by atoms with E-state index < -0.39 is 44.2 Å². The SMILES string of the molecule is CC1(S(=O)(=O)NC(=O)C23CC2CC=CCCCCCC(N)C(=O)N2CCCC2C(=O)N3)CC1. The molecule has 33 heavy (non-hydrogen) atoms. The van der Waals surface area contributed by atoms with Crippen molar-refractivity contribution in [2.75, 3.05) is 6.54 Å². The summed E-state index contributed by atoms with van der Waals surface area (Å²) < 4.78 is 26.7. The zero-order chi connectivity index (χ0) is 23.9. The third-order valence-electron chi connectivity index (χ3n) is 7.82. The summed E-state index contributed by atoms with van der Waals surface area (Å²) in [5.41, 5.74) is 4.88. The third kappa shape index (κ3) is 4.82. The van der Waals surface area contributed by atoms with Crippen LogP contribution in [0.1, 0.15) is 77.6 Å². The van der Waals surface area contributed by atoms with E-state index in [-0.39, 0.29) is 11.8 Å². The molecular weight excluding hydrogens is 444 g/mol. The smallest absolute Gasteiger partial charge is 0.259 e. The standard InChI is InChI=1S/C23H36N4O5S/c1-22(12-13-22)33(31,32)26-21(30)23-15-16(23)9-6-4-2-3-5-7-10-17(24)20(29)27-14-8-11-18(27)19(28)25-23/h4,6,16-18H,2-3,5,7-15,24H2,1H3,(H,25,28)(H,26,30). The number of nitrogens with two attached hydrogens (primary N) is 1. The average Bonchev–Trinajstić information content (AvgIpc) is 3.62. The van der Waals surface area contributed by atoms with Crippen LogP contribution in [0.4, 0.5) is 0 Å². The van der Waals surface area contributed by atoms with Gasteiger partial charge in [-0.2, -0.15) is 0 Å². The molecule has 0 aromatic rings. The van der Waals surface area contributed by atoms with Gasteiger partial charge in [-0.05, 0) is 70.6 Å². The lowest BCUT2D eigenvalue weighted by molar-refractivity contribution is -0.140. The molecule has 2 aliphatic heterocycles. The fraction of sp³-hybridized carbons (Fsp3) is 0.783. The minimum absolute atomic E-state index is 0.180. The van der Waals surface area contributed by atoms with E-state index in [2.05, 4.69) is 16.1 Å². The largest absolute Gasteiger partial charge is 0.340 e. The number of allylic oxidation sites excluding steroid dienone is 2. The van der Waals surface area contributed by atoms with Crippen molar-refractivity contribution in [3.8, 4) is 0 Å². The molecule has 9 nitrogen and oxygen atoms in total.